The molecule has 0 radical (unpaired) electrons. The van der Waals surface area contributed by atoms with Gasteiger partial charge in [-0.05, 0) is 55.0 Å². The number of carbonyl (C=O) groups excluding carboxylic acids is 1. The topological polar surface area (TPSA) is 48.0 Å². The Morgan fingerprint density at radius 1 is 0.906 bits per heavy atom. The minimum absolute atomic E-state index is 0.110. The van der Waals surface area contributed by atoms with Crippen molar-refractivity contribution in [1.82, 2.24) is 4.90 Å². The molecule has 1 amide bonds. The first-order valence-electron chi connectivity index (χ1n) is 10.9. The number of thiophene rings is 1. The molecule has 2 aromatic carbocycles. The van der Waals surface area contributed by atoms with Crippen LogP contribution in [0.15, 0.2) is 54.6 Å². The SMILES string of the molecule is COc1ccc(-c2ccc(C(=O)N3CCC(Cc4ccccc4)CC3)s2)c(OC)c1OC. The second-order valence-corrected chi connectivity index (χ2v) is 9.05. The van der Waals surface area contributed by atoms with Crippen molar-refractivity contribution in [3.05, 3.63) is 65.0 Å². The summed E-state index contributed by atoms with van der Waals surface area (Å²) in [7, 11) is 4.80. The van der Waals surface area contributed by atoms with Crippen LogP contribution in [0, 0.1) is 5.92 Å². The van der Waals surface area contributed by atoms with Gasteiger partial charge in [-0.15, -0.1) is 11.3 Å². The molecule has 6 heteroatoms. The van der Waals surface area contributed by atoms with Crippen LogP contribution in [-0.4, -0.2) is 45.2 Å². The smallest absolute Gasteiger partial charge is 0.263 e. The van der Waals surface area contributed by atoms with E-state index in [1.807, 2.05) is 29.2 Å². The summed E-state index contributed by atoms with van der Waals surface area (Å²) in [5, 5.41) is 0. The second kappa shape index (κ2) is 10.1. The lowest BCUT2D eigenvalue weighted by Gasteiger charge is -2.31. The van der Waals surface area contributed by atoms with Crippen LogP contribution in [-0.2, 0) is 6.42 Å². The molecule has 0 N–H and O–H groups in total. The van der Waals surface area contributed by atoms with Crippen LogP contribution in [0.2, 0.25) is 0 Å². The molecule has 0 bridgehead atoms. The lowest BCUT2D eigenvalue weighted by Crippen LogP contribution is -2.38. The third-order valence-electron chi connectivity index (χ3n) is 6.06. The highest BCUT2D eigenvalue weighted by molar-refractivity contribution is 7.17. The molecule has 32 heavy (non-hydrogen) atoms. The molecule has 0 aliphatic carbocycles. The van der Waals surface area contributed by atoms with E-state index in [0.717, 1.165) is 47.7 Å². The Balaban J connectivity index is 1.45. The summed E-state index contributed by atoms with van der Waals surface area (Å²) < 4.78 is 16.5. The van der Waals surface area contributed by atoms with Gasteiger partial charge >= 0.3 is 0 Å². The molecule has 168 valence electrons. The van der Waals surface area contributed by atoms with E-state index in [2.05, 4.69) is 30.3 Å². The highest BCUT2D eigenvalue weighted by Crippen LogP contribution is 2.46. The van der Waals surface area contributed by atoms with Gasteiger partial charge in [0.1, 0.15) is 0 Å². The molecular formula is C26H29NO4S. The molecule has 1 saturated heterocycles. The number of likely N-dealkylation sites (tertiary alicyclic amines) is 1. The van der Waals surface area contributed by atoms with E-state index >= 15 is 0 Å². The molecular weight excluding hydrogens is 422 g/mol. The lowest BCUT2D eigenvalue weighted by atomic mass is 9.90. The van der Waals surface area contributed by atoms with E-state index in [1.54, 1.807) is 21.3 Å². The van der Waals surface area contributed by atoms with Gasteiger partial charge in [-0.1, -0.05) is 30.3 Å². The standard InChI is InChI=1S/C26H29NO4S/c1-29-21-10-9-20(24(30-2)25(21)31-3)22-11-12-23(32-22)26(28)27-15-13-19(14-16-27)17-18-7-5-4-6-8-18/h4-12,19H,13-17H2,1-3H3. The van der Waals surface area contributed by atoms with Crippen molar-refractivity contribution >= 4 is 17.2 Å². The summed E-state index contributed by atoms with van der Waals surface area (Å²) in [5.41, 5.74) is 2.26. The number of piperidine rings is 1. The Morgan fingerprint density at radius 2 is 1.62 bits per heavy atom. The third kappa shape index (κ3) is 4.60. The molecule has 1 aromatic heterocycles. The fourth-order valence-electron chi connectivity index (χ4n) is 4.34. The predicted molar refractivity (Wildman–Crippen MR) is 128 cm³/mol. The number of hydrogen-bond donors (Lipinski definition) is 0. The molecule has 5 nitrogen and oxygen atoms in total. The molecule has 1 aliphatic rings. The van der Waals surface area contributed by atoms with Gasteiger partial charge in [-0.25, -0.2) is 0 Å². The van der Waals surface area contributed by atoms with Crippen molar-refractivity contribution in [1.29, 1.82) is 0 Å². The third-order valence-corrected chi connectivity index (χ3v) is 7.16. The maximum Gasteiger partial charge on any atom is 0.263 e. The number of ether oxygens (including phenoxy) is 3. The van der Waals surface area contributed by atoms with Gasteiger partial charge in [0, 0.05) is 23.5 Å². The maximum atomic E-state index is 13.1. The van der Waals surface area contributed by atoms with Crippen molar-refractivity contribution in [2.45, 2.75) is 19.3 Å². The van der Waals surface area contributed by atoms with E-state index in [4.69, 9.17) is 14.2 Å². The van der Waals surface area contributed by atoms with Gasteiger partial charge in [0.15, 0.2) is 11.5 Å². The van der Waals surface area contributed by atoms with Gasteiger partial charge in [0.05, 0.1) is 26.2 Å². The molecule has 3 aromatic rings. The predicted octanol–water partition coefficient (Wildman–Crippen LogP) is 5.54. The van der Waals surface area contributed by atoms with Crippen LogP contribution in [0.1, 0.15) is 28.1 Å². The van der Waals surface area contributed by atoms with Gasteiger partial charge in [-0.3, -0.25) is 4.79 Å². The Labute approximate surface area is 193 Å². The highest BCUT2D eigenvalue weighted by atomic mass is 32.1. The second-order valence-electron chi connectivity index (χ2n) is 7.97. The van der Waals surface area contributed by atoms with E-state index in [9.17, 15) is 4.79 Å². The summed E-state index contributed by atoms with van der Waals surface area (Å²) in [6.45, 7) is 1.62. The van der Waals surface area contributed by atoms with Crippen LogP contribution in [0.25, 0.3) is 10.4 Å². The zero-order valence-corrected chi connectivity index (χ0v) is 19.6. The first kappa shape index (κ1) is 22.2. The van der Waals surface area contributed by atoms with Gasteiger partial charge in [0.2, 0.25) is 5.75 Å². The zero-order chi connectivity index (χ0) is 22.5. The van der Waals surface area contributed by atoms with Gasteiger partial charge < -0.3 is 19.1 Å². The minimum atomic E-state index is 0.110. The quantitative estimate of drug-likeness (QED) is 0.474. The minimum Gasteiger partial charge on any atom is -0.493 e. The molecule has 1 fully saturated rings. The van der Waals surface area contributed by atoms with Gasteiger partial charge in [0.25, 0.3) is 5.91 Å². The molecule has 1 aliphatic heterocycles. The fourth-order valence-corrected chi connectivity index (χ4v) is 5.33. The normalized spacial score (nSPS) is 14.3. The number of rotatable bonds is 7. The van der Waals surface area contributed by atoms with Crippen molar-refractivity contribution in [3.8, 4) is 27.7 Å². The first-order valence-corrected chi connectivity index (χ1v) is 11.7. The van der Waals surface area contributed by atoms with Crippen LogP contribution < -0.4 is 14.2 Å². The number of amides is 1. The number of hydrogen-bond acceptors (Lipinski definition) is 5. The van der Waals surface area contributed by atoms with E-state index in [0.29, 0.717) is 23.2 Å². The molecule has 2 heterocycles. The number of benzene rings is 2. The Morgan fingerprint density at radius 3 is 2.28 bits per heavy atom. The van der Waals surface area contributed by atoms with Crippen LogP contribution in [0.4, 0.5) is 0 Å². The average Bonchev–Trinajstić information content (AvgIpc) is 3.33. The van der Waals surface area contributed by atoms with Crippen molar-refractivity contribution in [2.75, 3.05) is 34.4 Å². The summed E-state index contributed by atoms with van der Waals surface area (Å²) >= 11 is 1.49. The van der Waals surface area contributed by atoms with Crippen molar-refractivity contribution in [2.24, 2.45) is 5.92 Å². The highest BCUT2D eigenvalue weighted by Gasteiger charge is 2.25. The zero-order valence-electron chi connectivity index (χ0n) is 18.8. The first-order chi connectivity index (χ1) is 15.6. The molecule has 0 atom stereocenters. The van der Waals surface area contributed by atoms with E-state index < -0.39 is 0 Å². The monoisotopic (exact) mass is 451 g/mol. The van der Waals surface area contributed by atoms with Crippen LogP contribution >= 0.6 is 11.3 Å². The Kier molecular flexibility index (Phi) is 7.00. The average molecular weight is 452 g/mol. The van der Waals surface area contributed by atoms with Crippen LogP contribution in [0.5, 0.6) is 17.2 Å². The summed E-state index contributed by atoms with van der Waals surface area (Å²) in [6, 6.07) is 18.3. The molecule has 0 saturated carbocycles. The van der Waals surface area contributed by atoms with Crippen molar-refractivity contribution in [3.63, 3.8) is 0 Å². The summed E-state index contributed by atoms with van der Waals surface area (Å²) in [4.78, 5) is 16.8. The van der Waals surface area contributed by atoms with E-state index in [1.165, 1.54) is 16.9 Å². The van der Waals surface area contributed by atoms with Crippen LogP contribution in [0.3, 0.4) is 0 Å². The Bertz CT molecular complexity index is 1050. The summed E-state index contributed by atoms with van der Waals surface area (Å²) in [6.07, 6.45) is 3.18. The number of methoxy groups -OCH3 is 3. The molecule has 4 rings (SSSR count). The summed E-state index contributed by atoms with van der Waals surface area (Å²) in [5.74, 6) is 2.51. The largest absolute Gasteiger partial charge is 0.493 e. The van der Waals surface area contributed by atoms with E-state index in [-0.39, 0.29) is 5.91 Å². The van der Waals surface area contributed by atoms with Gasteiger partial charge in [-0.2, -0.15) is 0 Å². The number of carbonyl (C=O) groups is 1. The Hall–Kier alpha value is -2.99. The lowest BCUT2D eigenvalue weighted by molar-refractivity contribution is 0.0695. The fraction of sp³-hybridized carbons (Fsp3) is 0.346. The molecule has 0 unspecified atom stereocenters. The van der Waals surface area contributed by atoms with Crippen molar-refractivity contribution < 1.29 is 19.0 Å². The molecule has 0 spiro atoms. The maximum absolute atomic E-state index is 13.1. The number of nitrogens with zero attached hydrogens (tertiary/aromatic N) is 1.